The Bertz CT molecular complexity index is 1390. The summed E-state index contributed by atoms with van der Waals surface area (Å²) in [5.74, 6) is -0.492. The van der Waals surface area contributed by atoms with Crippen molar-refractivity contribution < 1.29 is 26.4 Å². The van der Waals surface area contributed by atoms with E-state index >= 15 is 0 Å². The van der Waals surface area contributed by atoms with Gasteiger partial charge in [0.1, 0.15) is 6.04 Å². The normalized spacial score (nSPS) is 15.7. The van der Waals surface area contributed by atoms with Crippen molar-refractivity contribution >= 4 is 26.0 Å². The lowest BCUT2D eigenvalue weighted by molar-refractivity contribution is -0.122. The fourth-order valence-electron chi connectivity index (χ4n) is 3.92. The number of hydrogen-bond donors (Lipinski definition) is 2. The van der Waals surface area contributed by atoms with Gasteiger partial charge in [-0.2, -0.15) is 9.03 Å². The quantitative estimate of drug-likeness (QED) is 0.403. The minimum atomic E-state index is -3.93. The molecule has 37 heavy (non-hydrogen) atoms. The Morgan fingerprint density at radius 2 is 1.38 bits per heavy atom. The highest BCUT2D eigenvalue weighted by atomic mass is 32.2. The van der Waals surface area contributed by atoms with Crippen LogP contribution in [0.5, 0.6) is 0 Å². The number of carbonyl (C=O) groups excluding carboxylic acids is 1. The number of carbonyl (C=O) groups is 1. The molecule has 0 aromatic heterocycles. The topological polar surface area (TPSA) is 122 Å². The maximum atomic E-state index is 13.1. The minimum Gasteiger partial charge on any atom is -0.379 e. The van der Waals surface area contributed by atoms with Gasteiger partial charge in [-0.05, 0) is 41.8 Å². The number of sulfonamides is 2. The summed E-state index contributed by atoms with van der Waals surface area (Å²) in [5, 5.41) is 2.77. The molecule has 1 saturated heterocycles. The summed E-state index contributed by atoms with van der Waals surface area (Å²) in [4.78, 5) is 13.3. The zero-order valence-corrected chi connectivity index (χ0v) is 21.7. The van der Waals surface area contributed by atoms with Gasteiger partial charge in [0.25, 0.3) is 0 Å². The van der Waals surface area contributed by atoms with Gasteiger partial charge in [0.2, 0.25) is 26.0 Å². The lowest BCUT2D eigenvalue weighted by Crippen LogP contribution is -2.47. The first-order chi connectivity index (χ1) is 17.8. The lowest BCUT2D eigenvalue weighted by atomic mass is 10.1. The Morgan fingerprint density at radius 3 is 2.00 bits per heavy atom. The van der Waals surface area contributed by atoms with Crippen molar-refractivity contribution in [1.82, 2.24) is 14.3 Å². The molecule has 9 nitrogen and oxygen atoms in total. The molecule has 196 valence electrons. The highest BCUT2D eigenvalue weighted by Crippen LogP contribution is 2.18. The van der Waals surface area contributed by atoms with E-state index < -0.39 is 32.0 Å². The summed E-state index contributed by atoms with van der Waals surface area (Å²) < 4.78 is 60.6. The van der Waals surface area contributed by atoms with Crippen LogP contribution in [0, 0.1) is 0 Å². The van der Waals surface area contributed by atoms with Gasteiger partial charge >= 0.3 is 0 Å². The molecule has 1 aliphatic rings. The molecule has 0 radical (unpaired) electrons. The third kappa shape index (κ3) is 7.02. The second-order valence-electron chi connectivity index (χ2n) is 8.55. The van der Waals surface area contributed by atoms with E-state index in [4.69, 9.17) is 4.74 Å². The van der Waals surface area contributed by atoms with Crippen molar-refractivity contribution in [3.8, 4) is 0 Å². The van der Waals surface area contributed by atoms with E-state index in [1.54, 1.807) is 30.3 Å². The van der Waals surface area contributed by atoms with Gasteiger partial charge < -0.3 is 10.1 Å². The monoisotopic (exact) mass is 543 g/mol. The number of nitrogens with zero attached hydrogens (tertiary/aromatic N) is 1. The van der Waals surface area contributed by atoms with Crippen molar-refractivity contribution in [3.05, 3.63) is 96.1 Å². The van der Waals surface area contributed by atoms with Gasteiger partial charge in [-0.3, -0.25) is 4.79 Å². The minimum absolute atomic E-state index is 0.0675. The molecule has 1 aliphatic heterocycles. The van der Waals surface area contributed by atoms with Crippen molar-refractivity contribution in [2.75, 3.05) is 26.3 Å². The van der Waals surface area contributed by atoms with Crippen LogP contribution < -0.4 is 10.0 Å². The zero-order chi connectivity index (χ0) is 26.3. The summed E-state index contributed by atoms with van der Waals surface area (Å²) in [6.45, 7) is 1.45. The molecule has 1 heterocycles. The Morgan fingerprint density at radius 1 is 0.784 bits per heavy atom. The Labute approximate surface area is 217 Å². The highest BCUT2D eigenvalue weighted by molar-refractivity contribution is 7.89. The fraction of sp³-hybridized carbons (Fsp3) is 0.269. The van der Waals surface area contributed by atoms with Crippen molar-refractivity contribution in [3.63, 3.8) is 0 Å². The molecule has 1 atom stereocenters. The third-order valence-corrected chi connectivity index (χ3v) is 9.35. The summed E-state index contributed by atoms with van der Waals surface area (Å²) >= 11 is 0. The Kier molecular flexibility index (Phi) is 8.72. The standard InChI is InChI=1S/C26H29N3O6S2/c30-26(27-20-22-11-13-24(14-12-22)37(33,34)29-15-17-35-18-16-29)25(19-21-7-3-1-4-8-21)28-36(31,32)23-9-5-2-6-10-23/h1-14,25,28H,15-20H2,(H,27,30). The molecule has 0 saturated carbocycles. The Balaban J connectivity index is 1.45. The first-order valence-electron chi connectivity index (χ1n) is 11.8. The smallest absolute Gasteiger partial charge is 0.243 e. The second kappa shape index (κ2) is 12.0. The number of hydrogen-bond acceptors (Lipinski definition) is 6. The van der Waals surface area contributed by atoms with Gasteiger partial charge in [-0.25, -0.2) is 16.8 Å². The number of benzene rings is 3. The zero-order valence-electron chi connectivity index (χ0n) is 20.1. The second-order valence-corrected chi connectivity index (χ2v) is 12.2. The number of morpholine rings is 1. The molecule has 3 aromatic rings. The van der Waals surface area contributed by atoms with Crippen LogP contribution in [-0.4, -0.2) is 59.4 Å². The van der Waals surface area contributed by atoms with Gasteiger partial charge in [-0.15, -0.1) is 0 Å². The van der Waals surface area contributed by atoms with E-state index in [-0.39, 0.29) is 22.8 Å². The van der Waals surface area contributed by atoms with Crippen LogP contribution in [-0.2, 0) is 42.5 Å². The van der Waals surface area contributed by atoms with Crippen LogP contribution in [0.2, 0.25) is 0 Å². The van der Waals surface area contributed by atoms with Crippen LogP contribution in [0.4, 0.5) is 0 Å². The summed E-state index contributed by atoms with van der Waals surface area (Å²) in [7, 11) is -7.55. The van der Waals surface area contributed by atoms with E-state index in [0.29, 0.717) is 31.9 Å². The Hall–Kier alpha value is -3.09. The van der Waals surface area contributed by atoms with Gasteiger partial charge in [0.15, 0.2) is 0 Å². The molecular weight excluding hydrogens is 514 g/mol. The average molecular weight is 544 g/mol. The fourth-order valence-corrected chi connectivity index (χ4v) is 6.54. The highest BCUT2D eigenvalue weighted by Gasteiger charge is 2.27. The molecule has 1 amide bonds. The molecule has 4 rings (SSSR count). The number of rotatable bonds is 10. The SMILES string of the molecule is O=C(NCc1ccc(S(=O)(=O)N2CCOCC2)cc1)C(Cc1ccccc1)NS(=O)(=O)c1ccccc1. The molecular formula is C26H29N3O6S2. The van der Waals surface area contributed by atoms with Crippen LogP contribution in [0.3, 0.4) is 0 Å². The number of amides is 1. The van der Waals surface area contributed by atoms with Crippen LogP contribution in [0.1, 0.15) is 11.1 Å². The predicted octanol–water partition coefficient (Wildman–Crippen LogP) is 1.91. The molecule has 0 spiro atoms. The molecule has 1 fully saturated rings. The number of nitrogens with one attached hydrogen (secondary N) is 2. The van der Waals surface area contributed by atoms with Crippen molar-refractivity contribution in [2.45, 2.75) is 28.8 Å². The van der Waals surface area contributed by atoms with Crippen molar-refractivity contribution in [1.29, 1.82) is 0 Å². The molecule has 3 aromatic carbocycles. The van der Waals surface area contributed by atoms with E-state index in [0.717, 1.165) is 5.56 Å². The molecule has 2 N–H and O–H groups in total. The average Bonchev–Trinajstić information content (AvgIpc) is 2.93. The molecule has 1 unspecified atom stereocenters. The first-order valence-corrected chi connectivity index (χ1v) is 14.7. The maximum Gasteiger partial charge on any atom is 0.243 e. The summed E-state index contributed by atoms with van der Waals surface area (Å²) in [5.41, 5.74) is 1.48. The number of ether oxygens (including phenoxy) is 1. The first kappa shape index (κ1) is 27.0. The maximum absolute atomic E-state index is 13.1. The third-order valence-electron chi connectivity index (χ3n) is 5.95. The van der Waals surface area contributed by atoms with Gasteiger partial charge in [-0.1, -0.05) is 60.7 Å². The van der Waals surface area contributed by atoms with Gasteiger partial charge in [0, 0.05) is 19.6 Å². The predicted molar refractivity (Wildman–Crippen MR) is 139 cm³/mol. The molecule has 0 aliphatic carbocycles. The van der Waals surface area contributed by atoms with E-state index in [1.165, 1.54) is 28.6 Å². The molecule has 0 bridgehead atoms. The lowest BCUT2D eigenvalue weighted by Gasteiger charge is -2.26. The van der Waals surface area contributed by atoms with E-state index in [2.05, 4.69) is 10.0 Å². The summed E-state index contributed by atoms with van der Waals surface area (Å²) in [6.07, 6.45) is 0.162. The summed E-state index contributed by atoms with van der Waals surface area (Å²) in [6, 6.07) is 22.2. The van der Waals surface area contributed by atoms with Crippen molar-refractivity contribution in [2.24, 2.45) is 0 Å². The van der Waals surface area contributed by atoms with E-state index in [9.17, 15) is 21.6 Å². The largest absolute Gasteiger partial charge is 0.379 e. The van der Waals surface area contributed by atoms with Gasteiger partial charge in [0.05, 0.1) is 23.0 Å². The van der Waals surface area contributed by atoms with Crippen LogP contribution in [0.15, 0.2) is 94.7 Å². The van der Waals surface area contributed by atoms with Crippen LogP contribution in [0.25, 0.3) is 0 Å². The molecule has 11 heteroatoms. The van der Waals surface area contributed by atoms with E-state index in [1.807, 2.05) is 30.3 Å². The van der Waals surface area contributed by atoms with Crippen LogP contribution >= 0.6 is 0 Å².